The fourth-order valence-electron chi connectivity index (χ4n) is 2.13. The number of aliphatic imine (C=N–C) groups is 1. The van der Waals surface area contributed by atoms with Gasteiger partial charge in [0.15, 0.2) is 5.96 Å². The van der Waals surface area contributed by atoms with Crippen molar-refractivity contribution in [3.8, 4) is 0 Å². The molecule has 12 N–H and O–H groups in total. The highest BCUT2D eigenvalue weighted by Crippen LogP contribution is 1.99. The molecule has 0 spiro atoms. The number of hydrogen-bond donors (Lipinski definition) is 8. The van der Waals surface area contributed by atoms with E-state index in [9.17, 15) is 24.0 Å². The van der Waals surface area contributed by atoms with Crippen LogP contribution in [-0.4, -0.2) is 71.9 Å². The molecule has 0 bridgehead atoms. The second kappa shape index (κ2) is 13.7. The minimum absolute atomic E-state index is 0.0719. The summed E-state index contributed by atoms with van der Waals surface area (Å²) in [6, 6.07) is -3.31. The third-order valence-corrected chi connectivity index (χ3v) is 3.79. The van der Waals surface area contributed by atoms with Crippen LogP contribution in [-0.2, 0) is 24.0 Å². The summed E-state index contributed by atoms with van der Waals surface area (Å²) >= 11 is 0. The summed E-state index contributed by atoms with van der Waals surface area (Å²) < 4.78 is 0. The lowest BCUT2D eigenvalue weighted by atomic mass is 10.1. The molecule has 3 atom stereocenters. The molecule has 0 aromatic carbocycles. The molecule has 0 aliphatic heterocycles. The van der Waals surface area contributed by atoms with Gasteiger partial charge in [0.2, 0.25) is 23.6 Å². The Balaban J connectivity index is 4.63. The van der Waals surface area contributed by atoms with Gasteiger partial charge < -0.3 is 44.0 Å². The van der Waals surface area contributed by atoms with Crippen LogP contribution in [0.1, 0.15) is 32.6 Å². The van der Waals surface area contributed by atoms with Crippen molar-refractivity contribution in [1.29, 1.82) is 0 Å². The van der Waals surface area contributed by atoms with E-state index in [2.05, 4.69) is 20.9 Å². The first kappa shape index (κ1) is 26.6. The molecular formula is C16H30N8O6. The molecule has 170 valence electrons. The zero-order valence-electron chi connectivity index (χ0n) is 16.7. The fraction of sp³-hybridized carbons (Fsp3) is 0.625. The summed E-state index contributed by atoms with van der Waals surface area (Å²) in [5.74, 6) is -4.17. The van der Waals surface area contributed by atoms with Crippen LogP contribution >= 0.6 is 0 Å². The number of rotatable bonds is 14. The second-order valence-corrected chi connectivity index (χ2v) is 6.47. The summed E-state index contributed by atoms with van der Waals surface area (Å²) in [5.41, 5.74) is 21.1. The van der Waals surface area contributed by atoms with Crippen LogP contribution < -0.4 is 38.9 Å². The maximum atomic E-state index is 12.2. The van der Waals surface area contributed by atoms with Gasteiger partial charge in [-0.25, -0.2) is 0 Å². The Bertz CT molecular complexity index is 664. The number of nitrogens with zero attached hydrogens (tertiary/aromatic N) is 1. The molecule has 4 amide bonds. The number of carboxylic acids is 1. The molecule has 0 radical (unpaired) electrons. The van der Waals surface area contributed by atoms with Gasteiger partial charge in [0.25, 0.3) is 0 Å². The molecule has 0 heterocycles. The largest absolute Gasteiger partial charge is 0.480 e. The Kier molecular flexibility index (Phi) is 12.1. The molecule has 30 heavy (non-hydrogen) atoms. The van der Waals surface area contributed by atoms with Crippen LogP contribution in [0.25, 0.3) is 0 Å². The number of hydrogen-bond acceptors (Lipinski definition) is 7. The van der Waals surface area contributed by atoms with Crippen molar-refractivity contribution < 1.29 is 29.1 Å². The molecule has 0 rings (SSSR count). The van der Waals surface area contributed by atoms with Crippen LogP contribution in [0.4, 0.5) is 0 Å². The Morgan fingerprint density at radius 1 is 1.00 bits per heavy atom. The lowest BCUT2D eigenvalue weighted by Crippen LogP contribution is -2.53. The molecule has 0 fully saturated rings. The maximum absolute atomic E-state index is 12.2. The van der Waals surface area contributed by atoms with Gasteiger partial charge in [-0.1, -0.05) is 0 Å². The summed E-state index contributed by atoms with van der Waals surface area (Å²) in [5, 5.41) is 15.7. The molecule has 0 aliphatic rings. The van der Waals surface area contributed by atoms with Gasteiger partial charge in [-0.05, 0) is 26.2 Å². The number of aliphatic carboxylic acids is 1. The topological polar surface area (TPSA) is 258 Å². The molecule has 0 aliphatic carbocycles. The first-order valence-electron chi connectivity index (χ1n) is 9.13. The van der Waals surface area contributed by atoms with Crippen LogP contribution in [0.15, 0.2) is 4.99 Å². The maximum Gasteiger partial charge on any atom is 0.325 e. The number of carbonyl (C=O) groups excluding carboxylic acids is 4. The highest BCUT2D eigenvalue weighted by molar-refractivity contribution is 5.92. The number of carbonyl (C=O) groups is 5. The molecule has 0 aromatic heterocycles. The number of amides is 4. The highest BCUT2D eigenvalue weighted by atomic mass is 16.4. The SMILES string of the molecule is CC(NC(=O)C(CCC(N)=O)NC(=O)CNC(=O)C(N)CCCN=C(N)N)C(=O)O. The van der Waals surface area contributed by atoms with Gasteiger partial charge in [0.05, 0.1) is 12.6 Å². The number of nitrogens with one attached hydrogen (secondary N) is 3. The average molecular weight is 430 g/mol. The Morgan fingerprint density at radius 2 is 1.63 bits per heavy atom. The minimum atomic E-state index is -1.27. The summed E-state index contributed by atoms with van der Waals surface area (Å²) in [7, 11) is 0. The smallest absolute Gasteiger partial charge is 0.325 e. The van der Waals surface area contributed by atoms with E-state index in [1.807, 2.05) is 0 Å². The summed E-state index contributed by atoms with van der Waals surface area (Å²) in [6.07, 6.45) is 0.376. The van der Waals surface area contributed by atoms with E-state index in [0.717, 1.165) is 0 Å². The summed E-state index contributed by atoms with van der Waals surface area (Å²) in [4.78, 5) is 61.7. The van der Waals surface area contributed by atoms with Gasteiger partial charge >= 0.3 is 5.97 Å². The van der Waals surface area contributed by atoms with Crippen LogP contribution in [0.5, 0.6) is 0 Å². The average Bonchev–Trinajstić information content (AvgIpc) is 2.65. The van der Waals surface area contributed by atoms with Crippen molar-refractivity contribution in [2.45, 2.75) is 50.7 Å². The minimum Gasteiger partial charge on any atom is -0.480 e. The van der Waals surface area contributed by atoms with Gasteiger partial charge in [-0.15, -0.1) is 0 Å². The molecule has 0 saturated carbocycles. The Labute approximate surface area is 173 Å². The van der Waals surface area contributed by atoms with E-state index in [1.165, 1.54) is 6.92 Å². The predicted molar refractivity (Wildman–Crippen MR) is 106 cm³/mol. The monoisotopic (exact) mass is 430 g/mol. The normalized spacial score (nSPS) is 13.3. The lowest BCUT2D eigenvalue weighted by molar-refractivity contribution is -0.141. The van der Waals surface area contributed by atoms with E-state index >= 15 is 0 Å². The van der Waals surface area contributed by atoms with Crippen molar-refractivity contribution in [3.63, 3.8) is 0 Å². The lowest BCUT2D eigenvalue weighted by Gasteiger charge is -2.20. The highest BCUT2D eigenvalue weighted by Gasteiger charge is 2.25. The molecule has 0 aromatic rings. The summed E-state index contributed by atoms with van der Waals surface area (Å²) in [6.45, 7) is 1.06. The third kappa shape index (κ3) is 12.1. The second-order valence-electron chi connectivity index (χ2n) is 6.47. The van der Waals surface area contributed by atoms with Crippen molar-refractivity contribution >= 4 is 35.6 Å². The quantitative estimate of drug-likeness (QED) is 0.0753. The van der Waals surface area contributed by atoms with Crippen molar-refractivity contribution in [2.75, 3.05) is 13.1 Å². The predicted octanol–water partition coefficient (Wildman–Crippen LogP) is -4.18. The van der Waals surface area contributed by atoms with Gasteiger partial charge in [0.1, 0.15) is 12.1 Å². The molecule has 14 heteroatoms. The third-order valence-electron chi connectivity index (χ3n) is 3.79. The Hall–Kier alpha value is -3.42. The van der Waals surface area contributed by atoms with Crippen molar-refractivity contribution in [2.24, 2.45) is 27.9 Å². The van der Waals surface area contributed by atoms with E-state index in [0.29, 0.717) is 13.0 Å². The zero-order chi connectivity index (χ0) is 23.3. The molecule has 3 unspecified atom stereocenters. The molecule has 14 nitrogen and oxygen atoms in total. The molecule has 0 saturated heterocycles. The van der Waals surface area contributed by atoms with Crippen molar-refractivity contribution in [3.05, 3.63) is 0 Å². The first-order valence-corrected chi connectivity index (χ1v) is 9.13. The number of guanidine groups is 1. The number of carboxylic acid groups (broad SMARTS) is 1. The zero-order valence-corrected chi connectivity index (χ0v) is 16.7. The van der Waals surface area contributed by atoms with E-state index in [4.69, 9.17) is 28.0 Å². The van der Waals surface area contributed by atoms with Crippen LogP contribution in [0.3, 0.4) is 0 Å². The van der Waals surface area contributed by atoms with E-state index < -0.39 is 54.3 Å². The fourth-order valence-corrected chi connectivity index (χ4v) is 2.13. The van der Waals surface area contributed by atoms with Crippen LogP contribution in [0, 0.1) is 0 Å². The van der Waals surface area contributed by atoms with E-state index in [1.54, 1.807) is 0 Å². The molecular weight excluding hydrogens is 400 g/mol. The van der Waals surface area contributed by atoms with Gasteiger partial charge in [-0.2, -0.15) is 0 Å². The van der Waals surface area contributed by atoms with Gasteiger partial charge in [-0.3, -0.25) is 29.0 Å². The first-order chi connectivity index (χ1) is 13.9. The Morgan fingerprint density at radius 3 is 2.17 bits per heavy atom. The van der Waals surface area contributed by atoms with Crippen molar-refractivity contribution in [1.82, 2.24) is 16.0 Å². The van der Waals surface area contributed by atoms with Gasteiger partial charge in [0, 0.05) is 13.0 Å². The standard InChI is InChI=1S/C16H30N8O6/c1-8(15(29)30)23-14(28)10(4-5-11(18)25)24-12(26)7-22-13(27)9(17)3-2-6-21-16(19)20/h8-10H,2-7,17H2,1H3,(H2,18,25)(H,22,27)(H,23,28)(H,24,26)(H,29,30)(H4,19,20,21). The van der Waals surface area contributed by atoms with E-state index in [-0.39, 0.29) is 25.2 Å². The number of nitrogens with two attached hydrogens (primary N) is 4. The number of primary amides is 1. The van der Waals surface area contributed by atoms with Crippen LogP contribution in [0.2, 0.25) is 0 Å².